The monoisotopic (exact) mass is 303 g/mol. The number of fused-ring (bicyclic) bond motifs is 1. The van der Waals surface area contributed by atoms with Crippen LogP contribution in [0, 0.1) is 6.92 Å². The number of hydrogen-bond donors (Lipinski definition) is 3. The average Bonchev–Trinajstić information content (AvgIpc) is 3.04. The standard InChI is InChI=1S/C13H17N7S/c1-8-7-10-11(17-13(19-14)18-12(10)21-8)15-5-3-9-4-6-16-20(9)2/h4,6-7H,3,5,14H2,1-2H3,(H2,15,17,18,19). The number of aryl methyl sites for hydroxylation is 2. The number of nitrogens with two attached hydrogens (primary N) is 1. The SMILES string of the molecule is Cc1cc2c(NCCc3ccnn3C)nc(NN)nc2s1. The van der Waals surface area contributed by atoms with Gasteiger partial charge in [0, 0.05) is 36.8 Å². The fourth-order valence-corrected chi connectivity index (χ4v) is 3.08. The number of rotatable bonds is 5. The second-order valence-electron chi connectivity index (χ2n) is 4.74. The van der Waals surface area contributed by atoms with Gasteiger partial charge in [0.1, 0.15) is 10.6 Å². The number of hydrazine groups is 1. The van der Waals surface area contributed by atoms with Gasteiger partial charge in [0.2, 0.25) is 5.95 Å². The smallest absolute Gasteiger partial charge is 0.240 e. The molecule has 7 nitrogen and oxygen atoms in total. The predicted molar refractivity (Wildman–Crippen MR) is 85.4 cm³/mol. The van der Waals surface area contributed by atoms with Crippen molar-refractivity contribution in [1.82, 2.24) is 19.7 Å². The summed E-state index contributed by atoms with van der Waals surface area (Å²) in [5.41, 5.74) is 3.68. The highest BCUT2D eigenvalue weighted by atomic mass is 32.1. The molecule has 0 amide bonds. The van der Waals surface area contributed by atoms with Gasteiger partial charge in [-0.15, -0.1) is 11.3 Å². The third-order valence-electron chi connectivity index (χ3n) is 3.24. The van der Waals surface area contributed by atoms with E-state index in [1.54, 1.807) is 17.5 Å². The Morgan fingerprint density at radius 1 is 1.38 bits per heavy atom. The Morgan fingerprint density at radius 3 is 2.95 bits per heavy atom. The molecule has 0 bridgehead atoms. The molecule has 3 aromatic heterocycles. The molecule has 0 saturated carbocycles. The molecule has 3 rings (SSSR count). The van der Waals surface area contributed by atoms with Crippen molar-refractivity contribution < 1.29 is 0 Å². The molecule has 0 aliphatic rings. The Balaban J connectivity index is 1.80. The second kappa shape index (κ2) is 5.66. The van der Waals surface area contributed by atoms with Crippen LogP contribution in [0.5, 0.6) is 0 Å². The van der Waals surface area contributed by atoms with Gasteiger partial charge < -0.3 is 5.32 Å². The van der Waals surface area contributed by atoms with Gasteiger partial charge in [-0.25, -0.2) is 10.8 Å². The zero-order chi connectivity index (χ0) is 14.8. The van der Waals surface area contributed by atoms with Crippen molar-refractivity contribution in [3.05, 3.63) is 28.9 Å². The van der Waals surface area contributed by atoms with Crippen molar-refractivity contribution >= 4 is 33.3 Å². The zero-order valence-electron chi connectivity index (χ0n) is 11.9. The lowest BCUT2D eigenvalue weighted by Crippen LogP contribution is -2.13. The minimum atomic E-state index is 0.424. The molecule has 0 unspecified atom stereocenters. The maximum atomic E-state index is 5.43. The summed E-state index contributed by atoms with van der Waals surface area (Å²) in [5.74, 6) is 6.66. The molecule has 0 fully saturated rings. The van der Waals surface area contributed by atoms with Gasteiger partial charge in [-0.2, -0.15) is 10.1 Å². The van der Waals surface area contributed by atoms with Gasteiger partial charge in [-0.1, -0.05) is 0 Å². The first kappa shape index (κ1) is 13.8. The normalized spacial score (nSPS) is 11.0. The van der Waals surface area contributed by atoms with Gasteiger partial charge in [0.25, 0.3) is 0 Å². The van der Waals surface area contributed by atoms with Crippen LogP contribution in [0.15, 0.2) is 18.3 Å². The van der Waals surface area contributed by atoms with Crippen LogP contribution in [-0.2, 0) is 13.5 Å². The van der Waals surface area contributed by atoms with Gasteiger partial charge in [-0.05, 0) is 19.1 Å². The molecule has 8 heteroatoms. The van der Waals surface area contributed by atoms with E-state index in [1.807, 2.05) is 17.8 Å². The zero-order valence-corrected chi connectivity index (χ0v) is 12.7. The Morgan fingerprint density at radius 2 is 2.24 bits per heavy atom. The molecule has 0 saturated heterocycles. The molecule has 110 valence electrons. The molecule has 21 heavy (non-hydrogen) atoms. The third-order valence-corrected chi connectivity index (χ3v) is 4.19. The molecular formula is C13H17N7S. The van der Waals surface area contributed by atoms with E-state index >= 15 is 0 Å². The van der Waals surface area contributed by atoms with Gasteiger partial charge in [0.15, 0.2) is 0 Å². The third kappa shape index (κ3) is 2.81. The fourth-order valence-electron chi connectivity index (χ4n) is 2.20. The van der Waals surface area contributed by atoms with Gasteiger partial charge in [0.05, 0.1) is 5.39 Å². The molecule has 0 atom stereocenters. The quantitative estimate of drug-likeness (QED) is 0.490. The van der Waals surface area contributed by atoms with Crippen LogP contribution in [0.2, 0.25) is 0 Å². The second-order valence-corrected chi connectivity index (χ2v) is 5.97. The lowest BCUT2D eigenvalue weighted by atomic mass is 10.3. The molecule has 3 heterocycles. The maximum absolute atomic E-state index is 5.43. The van der Waals surface area contributed by atoms with Crippen LogP contribution in [0.1, 0.15) is 10.6 Å². The number of anilines is 2. The minimum absolute atomic E-state index is 0.424. The summed E-state index contributed by atoms with van der Waals surface area (Å²) in [6, 6.07) is 4.10. The number of thiophene rings is 1. The van der Waals surface area contributed by atoms with E-state index in [4.69, 9.17) is 5.84 Å². The number of nitrogens with zero attached hydrogens (tertiary/aromatic N) is 4. The van der Waals surface area contributed by atoms with E-state index in [-0.39, 0.29) is 0 Å². The molecule has 0 radical (unpaired) electrons. The summed E-state index contributed by atoms with van der Waals surface area (Å²) >= 11 is 1.63. The van der Waals surface area contributed by atoms with E-state index in [9.17, 15) is 0 Å². The van der Waals surface area contributed by atoms with Crippen molar-refractivity contribution in [3.63, 3.8) is 0 Å². The molecule has 3 aromatic rings. The molecular weight excluding hydrogens is 286 g/mol. The Bertz CT molecular complexity index is 761. The highest BCUT2D eigenvalue weighted by Gasteiger charge is 2.10. The summed E-state index contributed by atoms with van der Waals surface area (Å²) in [6.45, 7) is 2.83. The van der Waals surface area contributed by atoms with Crippen LogP contribution in [0.3, 0.4) is 0 Å². The number of nitrogens with one attached hydrogen (secondary N) is 2. The van der Waals surface area contributed by atoms with Crippen LogP contribution in [0.25, 0.3) is 10.2 Å². The summed E-state index contributed by atoms with van der Waals surface area (Å²) < 4.78 is 1.87. The van der Waals surface area contributed by atoms with E-state index in [2.05, 4.69) is 38.8 Å². The van der Waals surface area contributed by atoms with Crippen LogP contribution in [0.4, 0.5) is 11.8 Å². The van der Waals surface area contributed by atoms with Crippen molar-refractivity contribution in [2.75, 3.05) is 17.3 Å². The van der Waals surface area contributed by atoms with Gasteiger partial charge >= 0.3 is 0 Å². The Kier molecular flexibility index (Phi) is 3.72. The molecule has 0 spiro atoms. The lowest BCUT2D eigenvalue weighted by molar-refractivity contribution is 0.711. The van der Waals surface area contributed by atoms with E-state index in [0.717, 1.165) is 29.0 Å². The average molecular weight is 303 g/mol. The molecule has 0 aliphatic carbocycles. The van der Waals surface area contributed by atoms with Crippen LogP contribution < -0.4 is 16.6 Å². The molecule has 4 N–H and O–H groups in total. The molecule has 0 aliphatic heterocycles. The van der Waals surface area contributed by atoms with Crippen molar-refractivity contribution in [1.29, 1.82) is 0 Å². The predicted octanol–water partition coefficient (Wildman–Crippen LogP) is 1.67. The highest BCUT2D eigenvalue weighted by molar-refractivity contribution is 7.18. The van der Waals surface area contributed by atoms with E-state index in [0.29, 0.717) is 5.95 Å². The van der Waals surface area contributed by atoms with Crippen molar-refractivity contribution in [2.24, 2.45) is 12.9 Å². The highest BCUT2D eigenvalue weighted by Crippen LogP contribution is 2.29. The van der Waals surface area contributed by atoms with Crippen LogP contribution in [-0.4, -0.2) is 26.3 Å². The largest absolute Gasteiger partial charge is 0.369 e. The number of nitrogen functional groups attached to an aromatic ring is 1. The first-order valence-corrected chi connectivity index (χ1v) is 7.44. The summed E-state index contributed by atoms with van der Waals surface area (Å²) in [6.07, 6.45) is 2.67. The Hall–Kier alpha value is -2.19. The first-order chi connectivity index (χ1) is 10.2. The topological polar surface area (TPSA) is 93.7 Å². The summed E-state index contributed by atoms with van der Waals surface area (Å²) in [7, 11) is 1.94. The number of aromatic nitrogens is 4. The van der Waals surface area contributed by atoms with E-state index < -0.39 is 0 Å². The lowest BCUT2D eigenvalue weighted by Gasteiger charge is -2.08. The van der Waals surface area contributed by atoms with E-state index in [1.165, 1.54) is 10.6 Å². The van der Waals surface area contributed by atoms with Crippen LogP contribution >= 0.6 is 11.3 Å². The Labute approximate surface area is 126 Å². The maximum Gasteiger partial charge on any atom is 0.240 e. The fraction of sp³-hybridized carbons (Fsp3) is 0.308. The molecule has 0 aromatic carbocycles. The van der Waals surface area contributed by atoms with Crippen molar-refractivity contribution in [2.45, 2.75) is 13.3 Å². The number of hydrogen-bond acceptors (Lipinski definition) is 7. The summed E-state index contributed by atoms with van der Waals surface area (Å²) in [5, 5.41) is 8.55. The first-order valence-electron chi connectivity index (χ1n) is 6.63. The van der Waals surface area contributed by atoms with Gasteiger partial charge in [-0.3, -0.25) is 10.1 Å². The summed E-state index contributed by atoms with van der Waals surface area (Å²) in [4.78, 5) is 10.9. The van der Waals surface area contributed by atoms with Crippen molar-refractivity contribution in [3.8, 4) is 0 Å². The minimum Gasteiger partial charge on any atom is -0.369 e.